The molecule has 98 valence electrons. The first kappa shape index (κ1) is 12.7. The van der Waals surface area contributed by atoms with E-state index in [1.807, 2.05) is 6.92 Å². The molecule has 0 aromatic carbocycles. The summed E-state index contributed by atoms with van der Waals surface area (Å²) in [6.07, 6.45) is 2.40. The van der Waals surface area contributed by atoms with Crippen molar-refractivity contribution >= 4 is 0 Å². The van der Waals surface area contributed by atoms with Crippen molar-refractivity contribution in [3.8, 4) is 0 Å². The zero-order valence-corrected chi connectivity index (χ0v) is 10.2. The summed E-state index contributed by atoms with van der Waals surface area (Å²) in [5, 5.41) is 11.6. The molecule has 0 aliphatic heterocycles. The summed E-state index contributed by atoms with van der Waals surface area (Å²) in [7, 11) is 0. The van der Waals surface area contributed by atoms with Crippen LogP contribution in [0, 0.1) is 0 Å². The van der Waals surface area contributed by atoms with Crippen LogP contribution in [0.1, 0.15) is 24.3 Å². The van der Waals surface area contributed by atoms with Crippen molar-refractivity contribution < 1.29 is 9.26 Å². The number of nitrogens with two attached hydrogens (primary N) is 1. The summed E-state index contributed by atoms with van der Waals surface area (Å²) in [4.78, 5) is 4.23. The van der Waals surface area contributed by atoms with Crippen molar-refractivity contribution in [3.63, 3.8) is 0 Å². The standard InChI is InChI=1S/C10H16N6O2/c1-2-17-4-3-9-12-10(18-14-9)7-16-6-8(5-11)13-15-16/h6H,2-5,7,11H2,1H3. The topological polar surface area (TPSA) is 105 Å². The minimum Gasteiger partial charge on any atom is -0.381 e. The lowest BCUT2D eigenvalue weighted by molar-refractivity contribution is 0.149. The Labute approximate surface area is 104 Å². The maximum absolute atomic E-state index is 5.45. The van der Waals surface area contributed by atoms with Gasteiger partial charge >= 0.3 is 0 Å². The number of nitrogens with zero attached hydrogens (tertiary/aromatic N) is 5. The van der Waals surface area contributed by atoms with Gasteiger partial charge in [0, 0.05) is 19.6 Å². The van der Waals surface area contributed by atoms with Gasteiger partial charge < -0.3 is 15.0 Å². The Morgan fingerprint density at radius 1 is 1.50 bits per heavy atom. The fraction of sp³-hybridized carbons (Fsp3) is 0.600. The maximum Gasteiger partial charge on any atom is 0.248 e. The molecule has 0 spiro atoms. The highest BCUT2D eigenvalue weighted by molar-refractivity contribution is 4.93. The zero-order chi connectivity index (χ0) is 12.8. The van der Waals surface area contributed by atoms with Crippen molar-refractivity contribution in [2.24, 2.45) is 5.73 Å². The van der Waals surface area contributed by atoms with Crippen LogP contribution in [0.2, 0.25) is 0 Å². The van der Waals surface area contributed by atoms with Crippen molar-refractivity contribution in [2.75, 3.05) is 13.2 Å². The van der Waals surface area contributed by atoms with Crippen LogP contribution in [0.3, 0.4) is 0 Å². The van der Waals surface area contributed by atoms with E-state index in [0.29, 0.717) is 44.4 Å². The molecule has 2 N–H and O–H groups in total. The highest BCUT2D eigenvalue weighted by atomic mass is 16.5. The Morgan fingerprint density at radius 3 is 3.11 bits per heavy atom. The van der Waals surface area contributed by atoms with Gasteiger partial charge in [0.25, 0.3) is 0 Å². The maximum atomic E-state index is 5.45. The molecule has 18 heavy (non-hydrogen) atoms. The minimum absolute atomic E-state index is 0.365. The van der Waals surface area contributed by atoms with Gasteiger partial charge in [0.15, 0.2) is 5.82 Å². The third kappa shape index (κ3) is 3.34. The molecular weight excluding hydrogens is 236 g/mol. The van der Waals surface area contributed by atoms with Gasteiger partial charge in [0.2, 0.25) is 5.89 Å². The highest BCUT2D eigenvalue weighted by Crippen LogP contribution is 2.01. The van der Waals surface area contributed by atoms with Crippen LogP contribution < -0.4 is 5.73 Å². The molecule has 0 fully saturated rings. The molecule has 2 rings (SSSR count). The average Bonchev–Trinajstić information content (AvgIpc) is 3.00. The lowest BCUT2D eigenvalue weighted by atomic mass is 10.4. The summed E-state index contributed by atoms with van der Waals surface area (Å²) < 4.78 is 11.9. The SMILES string of the molecule is CCOCCc1noc(Cn2cc(CN)nn2)n1. The Balaban J connectivity index is 1.89. The Morgan fingerprint density at radius 2 is 2.39 bits per heavy atom. The summed E-state index contributed by atoms with van der Waals surface area (Å²) in [6, 6.07) is 0. The van der Waals surface area contributed by atoms with E-state index in [-0.39, 0.29) is 0 Å². The van der Waals surface area contributed by atoms with Crippen LogP contribution in [0.25, 0.3) is 0 Å². The van der Waals surface area contributed by atoms with E-state index in [1.54, 1.807) is 10.9 Å². The summed E-state index contributed by atoms with van der Waals surface area (Å²) in [5.41, 5.74) is 6.18. The Kier molecular flexibility index (Phi) is 4.37. The largest absolute Gasteiger partial charge is 0.381 e. The van der Waals surface area contributed by atoms with E-state index in [4.69, 9.17) is 15.0 Å². The molecular formula is C10H16N6O2. The molecule has 8 nitrogen and oxygen atoms in total. The van der Waals surface area contributed by atoms with Crippen LogP contribution in [0.15, 0.2) is 10.7 Å². The predicted octanol–water partition coefficient (Wildman–Crippen LogP) is -0.253. The van der Waals surface area contributed by atoms with E-state index < -0.39 is 0 Å². The third-order valence-electron chi connectivity index (χ3n) is 2.28. The molecule has 0 aliphatic rings. The molecule has 0 saturated heterocycles. The Hall–Kier alpha value is -1.80. The second kappa shape index (κ2) is 6.22. The van der Waals surface area contributed by atoms with Crippen LogP contribution >= 0.6 is 0 Å². The molecule has 0 saturated carbocycles. The van der Waals surface area contributed by atoms with E-state index in [0.717, 1.165) is 5.69 Å². The number of hydrogen-bond donors (Lipinski definition) is 1. The lowest BCUT2D eigenvalue weighted by Gasteiger charge is -1.95. The number of ether oxygens (including phenoxy) is 1. The smallest absolute Gasteiger partial charge is 0.248 e. The second-order valence-corrected chi connectivity index (χ2v) is 3.66. The fourth-order valence-corrected chi connectivity index (χ4v) is 1.41. The van der Waals surface area contributed by atoms with Gasteiger partial charge in [-0.3, -0.25) is 0 Å². The quantitative estimate of drug-likeness (QED) is 0.677. The molecule has 0 atom stereocenters. The van der Waals surface area contributed by atoms with Crippen molar-refractivity contribution in [1.82, 2.24) is 25.1 Å². The van der Waals surface area contributed by atoms with E-state index in [2.05, 4.69) is 20.5 Å². The first-order chi connectivity index (χ1) is 8.81. The van der Waals surface area contributed by atoms with E-state index in [9.17, 15) is 0 Å². The van der Waals surface area contributed by atoms with Crippen molar-refractivity contribution in [1.29, 1.82) is 0 Å². The second-order valence-electron chi connectivity index (χ2n) is 3.66. The van der Waals surface area contributed by atoms with E-state index in [1.165, 1.54) is 0 Å². The van der Waals surface area contributed by atoms with E-state index >= 15 is 0 Å². The van der Waals surface area contributed by atoms with Crippen LogP contribution in [0.5, 0.6) is 0 Å². The summed E-state index contributed by atoms with van der Waals surface area (Å²) in [5.74, 6) is 1.13. The lowest BCUT2D eigenvalue weighted by Crippen LogP contribution is -2.02. The van der Waals surface area contributed by atoms with Gasteiger partial charge in [0.05, 0.1) is 18.5 Å². The molecule has 2 aromatic heterocycles. The first-order valence-electron chi connectivity index (χ1n) is 5.80. The number of hydrogen-bond acceptors (Lipinski definition) is 7. The van der Waals surface area contributed by atoms with Gasteiger partial charge in [0.1, 0.15) is 6.54 Å². The summed E-state index contributed by atoms with van der Waals surface area (Å²) in [6.45, 7) is 3.99. The molecule has 0 bridgehead atoms. The summed E-state index contributed by atoms with van der Waals surface area (Å²) >= 11 is 0. The first-order valence-corrected chi connectivity index (χ1v) is 5.80. The van der Waals surface area contributed by atoms with Gasteiger partial charge in [-0.2, -0.15) is 4.98 Å². The molecule has 0 amide bonds. The van der Waals surface area contributed by atoms with Gasteiger partial charge in [-0.1, -0.05) is 10.4 Å². The van der Waals surface area contributed by atoms with Gasteiger partial charge in [-0.25, -0.2) is 4.68 Å². The van der Waals surface area contributed by atoms with Crippen LogP contribution in [-0.2, 0) is 24.2 Å². The predicted molar refractivity (Wildman–Crippen MR) is 61.5 cm³/mol. The third-order valence-corrected chi connectivity index (χ3v) is 2.28. The molecule has 0 radical (unpaired) electrons. The minimum atomic E-state index is 0.365. The average molecular weight is 252 g/mol. The van der Waals surface area contributed by atoms with Crippen molar-refractivity contribution in [3.05, 3.63) is 23.6 Å². The van der Waals surface area contributed by atoms with Crippen LogP contribution in [-0.4, -0.2) is 38.3 Å². The number of aromatic nitrogens is 5. The Bertz CT molecular complexity index is 480. The molecule has 8 heteroatoms. The molecule has 2 aromatic rings. The monoisotopic (exact) mass is 252 g/mol. The highest BCUT2D eigenvalue weighted by Gasteiger charge is 2.08. The normalized spacial score (nSPS) is 11.0. The fourth-order valence-electron chi connectivity index (χ4n) is 1.41. The van der Waals surface area contributed by atoms with Gasteiger partial charge in [-0.15, -0.1) is 5.10 Å². The molecule has 0 aliphatic carbocycles. The van der Waals surface area contributed by atoms with Crippen molar-refractivity contribution in [2.45, 2.75) is 26.4 Å². The molecule has 2 heterocycles. The zero-order valence-electron chi connectivity index (χ0n) is 10.2. The van der Waals surface area contributed by atoms with Gasteiger partial charge in [-0.05, 0) is 6.92 Å². The molecule has 0 unspecified atom stereocenters. The number of rotatable bonds is 7. The van der Waals surface area contributed by atoms with Crippen LogP contribution in [0.4, 0.5) is 0 Å².